The van der Waals surface area contributed by atoms with Crippen molar-refractivity contribution in [1.29, 1.82) is 0 Å². The normalized spacial score (nSPS) is 10.7. The Morgan fingerprint density at radius 2 is 2.21 bits per heavy atom. The second-order valence-corrected chi connectivity index (χ2v) is 5.40. The monoisotopic (exact) mass is 297 g/mol. The van der Waals surface area contributed by atoms with Crippen LogP contribution in [-0.2, 0) is 0 Å². The van der Waals surface area contributed by atoms with Crippen LogP contribution in [0.2, 0.25) is 5.02 Å². The molecule has 0 bridgehead atoms. The molecule has 0 aliphatic heterocycles. The predicted octanol–water partition coefficient (Wildman–Crippen LogP) is 3.76. The van der Waals surface area contributed by atoms with Crippen LogP contribution in [0.5, 0.6) is 0 Å². The van der Waals surface area contributed by atoms with Gasteiger partial charge in [0.1, 0.15) is 5.82 Å². The van der Waals surface area contributed by atoms with Crippen molar-refractivity contribution in [1.82, 2.24) is 9.36 Å². The number of aromatic nitrogens is 2. The van der Waals surface area contributed by atoms with Crippen LogP contribution in [0.25, 0.3) is 0 Å². The summed E-state index contributed by atoms with van der Waals surface area (Å²) in [5, 5.41) is 12.9. The molecule has 1 aromatic heterocycles. The van der Waals surface area contributed by atoms with Gasteiger partial charge in [-0.05, 0) is 18.2 Å². The van der Waals surface area contributed by atoms with E-state index in [0.29, 0.717) is 15.8 Å². The Morgan fingerprint density at radius 1 is 1.47 bits per heavy atom. The molecule has 0 aliphatic rings. The van der Waals surface area contributed by atoms with Crippen molar-refractivity contribution in [3.05, 3.63) is 34.6 Å². The van der Waals surface area contributed by atoms with Gasteiger partial charge in [-0.25, -0.2) is 9.78 Å². The number of hydrogen-bond acceptors (Lipinski definition) is 5. The van der Waals surface area contributed by atoms with E-state index in [0.717, 1.165) is 5.82 Å². The summed E-state index contributed by atoms with van der Waals surface area (Å²) in [6, 6.07) is 4.50. The van der Waals surface area contributed by atoms with E-state index in [1.165, 1.54) is 23.7 Å². The van der Waals surface area contributed by atoms with Gasteiger partial charge >= 0.3 is 5.97 Å². The number of rotatable bonds is 4. The van der Waals surface area contributed by atoms with Crippen LogP contribution >= 0.6 is 23.1 Å². The number of anilines is 2. The van der Waals surface area contributed by atoms with Gasteiger partial charge in [-0.15, -0.1) is 0 Å². The van der Waals surface area contributed by atoms with Crippen molar-refractivity contribution in [3.63, 3.8) is 0 Å². The largest absolute Gasteiger partial charge is 0.478 e. The fourth-order valence-electron chi connectivity index (χ4n) is 1.38. The van der Waals surface area contributed by atoms with Crippen LogP contribution in [0.3, 0.4) is 0 Å². The Balaban J connectivity index is 2.20. The van der Waals surface area contributed by atoms with Crippen molar-refractivity contribution in [2.75, 3.05) is 5.32 Å². The summed E-state index contributed by atoms with van der Waals surface area (Å²) in [4.78, 5) is 15.1. The highest BCUT2D eigenvalue weighted by atomic mass is 35.5. The van der Waals surface area contributed by atoms with E-state index >= 15 is 0 Å². The van der Waals surface area contributed by atoms with Crippen LogP contribution in [-0.4, -0.2) is 20.4 Å². The first kappa shape index (κ1) is 13.8. The van der Waals surface area contributed by atoms with E-state index in [9.17, 15) is 4.79 Å². The number of carboxylic acids is 1. The van der Waals surface area contributed by atoms with Gasteiger partial charge in [0.2, 0.25) is 5.13 Å². The maximum absolute atomic E-state index is 10.8. The SMILES string of the molecule is CC(C)c1nsc(Nc2ccc(C(=O)O)cc2Cl)n1. The molecular formula is C12H12ClN3O2S. The third-order valence-corrected chi connectivity index (χ3v) is 3.37. The molecule has 2 aromatic rings. The smallest absolute Gasteiger partial charge is 0.335 e. The molecule has 0 spiro atoms. The highest BCUT2D eigenvalue weighted by Gasteiger charge is 2.11. The molecule has 0 amide bonds. The molecule has 5 nitrogen and oxygen atoms in total. The van der Waals surface area contributed by atoms with E-state index in [4.69, 9.17) is 16.7 Å². The number of carboxylic acid groups (broad SMARTS) is 1. The van der Waals surface area contributed by atoms with Crippen molar-refractivity contribution in [2.24, 2.45) is 0 Å². The Hall–Kier alpha value is -1.66. The highest BCUT2D eigenvalue weighted by Crippen LogP contribution is 2.28. The highest BCUT2D eigenvalue weighted by molar-refractivity contribution is 7.09. The van der Waals surface area contributed by atoms with Gasteiger partial charge in [0.25, 0.3) is 0 Å². The molecule has 0 atom stereocenters. The Bertz CT molecular complexity index is 613. The predicted molar refractivity (Wildman–Crippen MR) is 75.7 cm³/mol. The van der Waals surface area contributed by atoms with E-state index in [-0.39, 0.29) is 11.5 Å². The van der Waals surface area contributed by atoms with Gasteiger partial charge in [0.15, 0.2) is 0 Å². The number of aromatic carboxylic acids is 1. The molecule has 1 aromatic carbocycles. The number of halogens is 1. The molecule has 7 heteroatoms. The van der Waals surface area contributed by atoms with Gasteiger partial charge in [-0.2, -0.15) is 4.37 Å². The fraction of sp³-hybridized carbons (Fsp3) is 0.250. The summed E-state index contributed by atoms with van der Waals surface area (Å²) in [5.74, 6) is 0.0221. The molecule has 0 radical (unpaired) electrons. The maximum atomic E-state index is 10.8. The lowest BCUT2D eigenvalue weighted by Gasteiger charge is -2.05. The van der Waals surface area contributed by atoms with Gasteiger partial charge < -0.3 is 10.4 Å². The third-order valence-electron chi connectivity index (χ3n) is 2.42. The second-order valence-electron chi connectivity index (χ2n) is 4.24. The third kappa shape index (κ3) is 3.21. The minimum atomic E-state index is -1.01. The van der Waals surface area contributed by atoms with E-state index < -0.39 is 5.97 Å². The molecule has 100 valence electrons. The Morgan fingerprint density at radius 3 is 2.74 bits per heavy atom. The first-order chi connectivity index (χ1) is 8.97. The summed E-state index contributed by atoms with van der Waals surface area (Å²) in [7, 11) is 0. The van der Waals surface area contributed by atoms with Crippen LogP contribution in [0.4, 0.5) is 10.8 Å². The average molecular weight is 298 g/mol. The van der Waals surface area contributed by atoms with Crippen molar-refractivity contribution >= 4 is 39.9 Å². The zero-order chi connectivity index (χ0) is 14.0. The zero-order valence-corrected chi connectivity index (χ0v) is 11.9. The van der Waals surface area contributed by atoms with Crippen LogP contribution in [0.1, 0.15) is 35.9 Å². The lowest BCUT2D eigenvalue weighted by atomic mass is 10.2. The van der Waals surface area contributed by atoms with Gasteiger partial charge in [0.05, 0.1) is 16.3 Å². The van der Waals surface area contributed by atoms with Crippen LogP contribution in [0.15, 0.2) is 18.2 Å². The van der Waals surface area contributed by atoms with E-state index in [1.54, 1.807) is 6.07 Å². The van der Waals surface area contributed by atoms with Gasteiger partial charge in [-0.1, -0.05) is 25.4 Å². The summed E-state index contributed by atoms with van der Waals surface area (Å²) in [6.07, 6.45) is 0. The first-order valence-electron chi connectivity index (χ1n) is 5.61. The average Bonchev–Trinajstić information content (AvgIpc) is 2.80. The lowest BCUT2D eigenvalue weighted by Crippen LogP contribution is -1.98. The molecule has 0 aliphatic carbocycles. The molecule has 2 N–H and O–H groups in total. The zero-order valence-electron chi connectivity index (χ0n) is 10.3. The molecule has 0 saturated heterocycles. The Kier molecular flexibility index (Phi) is 4.01. The molecule has 0 fully saturated rings. The van der Waals surface area contributed by atoms with E-state index in [2.05, 4.69) is 14.7 Å². The van der Waals surface area contributed by atoms with Gasteiger partial charge in [0, 0.05) is 17.5 Å². The minimum Gasteiger partial charge on any atom is -0.478 e. The van der Waals surface area contributed by atoms with Crippen molar-refractivity contribution < 1.29 is 9.90 Å². The number of nitrogens with one attached hydrogen (secondary N) is 1. The topological polar surface area (TPSA) is 75.1 Å². The maximum Gasteiger partial charge on any atom is 0.335 e. The summed E-state index contributed by atoms with van der Waals surface area (Å²) >= 11 is 7.27. The standard InChI is InChI=1S/C12H12ClN3O2S/c1-6(2)10-15-12(19-16-10)14-9-4-3-7(11(17)18)5-8(9)13/h3-6H,1-2H3,(H,17,18)(H,14,15,16). The first-order valence-corrected chi connectivity index (χ1v) is 6.76. The quantitative estimate of drug-likeness (QED) is 0.899. The van der Waals surface area contributed by atoms with E-state index in [1.807, 2.05) is 13.8 Å². The number of nitrogens with zero attached hydrogens (tertiary/aromatic N) is 2. The fourth-order valence-corrected chi connectivity index (χ4v) is 2.33. The van der Waals surface area contributed by atoms with Crippen molar-refractivity contribution in [2.45, 2.75) is 19.8 Å². The van der Waals surface area contributed by atoms with Crippen LogP contribution in [0, 0.1) is 0 Å². The second kappa shape index (κ2) is 5.54. The lowest BCUT2D eigenvalue weighted by molar-refractivity contribution is 0.0697. The summed E-state index contributed by atoms with van der Waals surface area (Å²) < 4.78 is 4.22. The van der Waals surface area contributed by atoms with Crippen LogP contribution < -0.4 is 5.32 Å². The summed E-state index contributed by atoms with van der Waals surface area (Å²) in [5.41, 5.74) is 0.758. The number of benzene rings is 1. The molecular weight excluding hydrogens is 286 g/mol. The molecule has 1 heterocycles. The molecule has 19 heavy (non-hydrogen) atoms. The number of hydrogen-bond donors (Lipinski definition) is 2. The van der Waals surface area contributed by atoms with Gasteiger partial charge in [-0.3, -0.25) is 0 Å². The summed E-state index contributed by atoms with van der Waals surface area (Å²) in [6.45, 7) is 4.03. The Labute approximate surface area is 119 Å². The molecule has 0 unspecified atom stereocenters. The number of carbonyl (C=O) groups is 1. The minimum absolute atomic E-state index is 0.149. The van der Waals surface area contributed by atoms with Crippen molar-refractivity contribution in [3.8, 4) is 0 Å². The molecule has 2 rings (SSSR count). The molecule has 0 saturated carbocycles.